The summed E-state index contributed by atoms with van der Waals surface area (Å²) in [7, 11) is 0. The lowest BCUT2D eigenvalue weighted by Gasteiger charge is -2.29. The Balaban J connectivity index is 1.48. The lowest BCUT2D eigenvalue weighted by atomic mass is 10.0. The van der Waals surface area contributed by atoms with Crippen molar-refractivity contribution in [2.45, 2.75) is 58.0 Å². The number of H-pyrrole nitrogens is 1. The Hall–Kier alpha value is -2.28. The van der Waals surface area contributed by atoms with Crippen molar-refractivity contribution in [1.82, 2.24) is 30.4 Å². The van der Waals surface area contributed by atoms with Gasteiger partial charge in [-0.2, -0.15) is 5.10 Å². The Labute approximate surface area is 153 Å². The second-order valence-corrected chi connectivity index (χ2v) is 7.54. The molecule has 0 unspecified atom stereocenters. The quantitative estimate of drug-likeness (QED) is 0.883. The van der Waals surface area contributed by atoms with E-state index in [4.69, 9.17) is 4.98 Å². The summed E-state index contributed by atoms with van der Waals surface area (Å²) in [4.78, 5) is 24.0. The first-order valence-electron chi connectivity index (χ1n) is 9.54. The minimum absolute atomic E-state index is 0.0307. The molecule has 4 rings (SSSR count). The average Bonchev–Trinajstić information content (AvgIpc) is 3.18. The van der Waals surface area contributed by atoms with Crippen LogP contribution in [0.2, 0.25) is 0 Å². The molecule has 2 aliphatic rings. The molecule has 2 aromatic heterocycles. The second kappa shape index (κ2) is 7.15. The average molecular weight is 354 g/mol. The van der Waals surface area contributed by atoms with E-state index in [1.165, 1.54) is 12.8 Å². The Bertz CT molecular complexity index is 793. The number of nitrogens with one attached hydrogen (secondary N) is 2. The Morgan fingerprint density at radius 3 is 2.96 bits per heavy atom. The molecule has 138 valence electrons. The van der Waals surface area contributed by atoms with Gasteiger partial charge in [-0.25, -0.2) is 9.97 Å². The summed E-state index contributed by atoms with van der Waals surface area (Å²) < 4.78 is 0. The highest BCUT2D eigenvalue weighted by Gasteiger charge is 2.26. The predicted molar refractivity (Wildman–Crippen MR) is 97.7 cm³/mol. The summed E-state index contributed by atoms with van der Waals surface area (Å²) in [6, 6.07) is 2.13. The number of aromatic amines is 1. The van der Waals surface area contributed by atoms with Gasteiger partial charge in [0.25, 0.3) is 5.91 Å². The minimum Gasteiger partial charge on any atom is -0.332 e. The van der Waals surface area contributed by atoms with Crippen LogP contribution in [0.5, 0.6) is 0 Å². The molecule has 0 radical (unpaired) electrons. The Morgan fingerprint density at radius 1 is 1.35 bits per heavy atom. The summed E-state index contributed by atoms with van der Waals surface area (Å²) in [6.07, 6.45) is 6.22. The lowest BCUT2D eigenvalue weighted by molar-refractivity contribution is 0.0727. The summed E-state index contributed by atoms with van der Waals surface area (Å²) >= 11 is 0. The van der Waals surface area contributed by atoms with Gasteiger partial charge in [0, 0.05) is 37.0 Å². The number of carbonyl (C=O) groups is 1. The van der Waals surface area contributed by atoms with Gasteiger partial charge in [0.1, 0.15) is 11.5 Å². The van der Waals surface area contributed by atoms with Gasteiger partial charge in [-0.3, -0.25) is 9.89 Å². The van der Waals surface area contributed by atoms with Crippen LogP contribution in [0.1, 0.15) is 78.3 Å². The third-order valence-electron chi connectivity index (χ3n) is 5.30. The first-order chi connectivity index (χ1) is 12.6. The highest BCUT2D eigenvalue weighted by atomic mass is 16.2. The van der Waals surface area contributed by atoms with Gasteiger partial charge in [0.15, 0.2) is 0 Å². The van der Waals surface area contributed by atoms with Gasteiger partial charge in [0.2, 0.25) is 0 Å². The second-order valence-electron chi connectivity index (χ2n) is 7.54. The van der Waals surface area contributed by atoms with Gasteiger partial charge >= 0.3 is 0 Å². The predicted octanol–water partition coefficient (Wildman–Crippen LogP) is 2.34. The Kier molecular flexibility index (Phi) is 4.72. The number of piperidine rings is 1. The summed E-state index contributed by atoms with van der Waals surface area (Å²) in [5.74, 6) is 1.19. The van der Waals surface area contributed by atoms with Crippen LogP contribution in [-0.4, -0.2) is 44.1 Å². The smallest absolute Gasteiger partial charge is 0.274 e. The van der Waals surface area contributed by atoms with Crippen LogP contribution < -0.4 is 5.32 Å². The fourth-order valence-corrected chi connectivity index (χ4v) is 3.65. The minimum atomic E-state index is -0.0307. The van der Waals surface area contributed by atoms with Crippen molar-refractivity contribution in [2.24, 2.45) is 0 Å². The molecule has 1 atom stereocenters. The molecule has 0 aliphatic carbocycles. The van der Waals surface area contributed by atoms with E-state index in [2.05, 4.69) is 34.3 Å². The van der Waals surface area contributed by atoms with Crippen LogP contribution >= 0.6 is 0 Å². The molecule has 1 saturated heterocycles. The van der Waals surface area contributed by atoms with Crippen LogP contribution in [0.25, 0.3) is 0 Å². The van der Waals surface area contributed by atoms with Crippen LogP contribution in [0.3, 0.4) is 0 Å². The van der Waals surface area contributed by atoms with Crippen molar-refractivity contribution >= 4 is 5.91 Å². The summed E-state index contributed by atoms with van der Waals surface area (Å²) in [5, 5.41) is 10.6. The molecular weight excluding hydrogens is 328 g/mol. The SMILES string of the molecule is CC(C)c1cc(C(=O)N2CCc3nc([C@H]4CCCCN4)ncc3C2)n[nH]1. The van der Waals surface area contributed by atoms with Gasteiger partial charge in [-0.15, -0.1) is 0 Å². The van der Waals surface area contributed by atoms with Crippen molar-refractivity contribution in [2.75, 3.05) is 13.1 Å². The van der Waals surface area contributed by atoms with E-state index in [9.17, 15) is 4.79 Å². The summed E-state index contributed by atoms with van der Waals surface area (Å²) in [5.41, 5.74) is 3.60. The maximum absolute atomic E-state index is 12.8. The van der Waals surface area contributed by atoms with Crippen LogP contribution in [-0.2, 0) is 13.0 Å². The van der Waals surface area contributed by atoms with Gasteiger partial charge in [-0.1, -0.05) is 20.3 Å². The molecule has 1 amide bonds. The van der Waals surface area contributed by atoms with Gasteiger partial charge in [-0.05, 0) is 31.4 Å². The Morgan fingerprint density at radius 2 is 2.23 bits per heavy atom. The summed E-state index contributed by atoms with van der Waals surface area (Å²) in [6.45, 7) is 6.42. The molecule has 0 spiro atoms. The number of hydrogen-bond acceptors (Lipinski definition) is 5. The number of carbonyl (C=O) groups excluding carboxylic acids is 1. The molecule has 26 heavy (non-hydrogen) atoms. The molecular formula is C19H26N6O. The van der Waals surface area contributed by atoms with E-state index in [0.717, 1.165) is 42.2 Å². The number of amides is 1. The molecule has 2 aromatic rings. The fraction of sp³-hybridized carbons (Fsp3) is 0.579. The van der Waals surface area contributed by atoms with Gasteiger partial charge in [0.05, 0.1) is 11.7 Å². The number of nitrogens with zero attached hydrogens (tertiary/aromatic N) is 4. The van der Waals surface area contributed by atoms with E-state index in [-0.39, 0.29) is 11.9 Å². The topological polar surface area (TPSA) is 86.8 Å². The van der Waals surface area contributed by atoms with E-state index in [1.54, 1.807) is 0 Å². The number of rotatable bonds is 3. The fourth-order valence-electron chi connectivity index (χ4n) is 3.65. The van der Waals surface area contributed by atoms with E-state index in [0.29, 0.717) is 24.7 Å². The van der Waals surface area contributed by atoms with Crippen LogP contribution in [0, 0.1) is 0 Å². The molecule has 7 heteroatoms. The van der Waals surface area contributed by atoms with E-state index < -0.39 is 0 Å². The number of fused-ring (bicyclic) bond motifs is 1. The molecule has 7 nitrogen and oxygen atoms in total. The monoisotopic (exact) mass is 354 g/mol. The largest absolute Gasteiger partial charge is 0.332 e. The molecule has 0 aromatic carbocycles. The third kappa shape index (κ3) is 3.35. The molecule has 4 heterocycles. The zero-order valence-electron chi connectivity index (χ0n) is 15.5. The lowest BCUT2D eigenvalue weighted by Crippen LogP contribution is -2.37. The van der Waals surface area contributed by atoms with E-state index in [1.807, 2.05) is 17.2 Å². The molecule has 0 bridgehead atoms. The van der Waals surface area contributed by atoms with Crippen molar-refractivity contribution < 1.29 is 4.79 Å². The molecule has 2 N–H and O–H groups in total. The molecule has 0 saturated carbocycles. The highest BCUT2D eigenvalue weighted by Crippen LogP contribution is 2.24. The normalized spacial score (nSPS) is 20.3. The molecule has 2 aliphatic heterocycles. The zero-order valence-corrected chi connectivity index (χ0v) is 15.5. The number of aromatic nitrogens is 4. The molecule has 1 fully saturated rings. The first-order valence-corrected chi connectivity index (χ1v) is 9.54. The number of hydrogen-bond donors (Lipinski definition) is 2. The standard InChI is InChI=1S/C19H26N6O/c1-12(2)16-9-17(24-23-16)19(26)25-8-6-14-13(11-25)10-21-18(22-14)15-5-3-4-7-20-15/h9-10,12,15,20H,3-8,11H2,1-2H3,(H,23,24)/t15-/m1/s1. The first kappa shape index (κ1) is 17.1. The van der Waals surface area contributed by atoms with E-state index >= 15 is 0 Å². The van der Waals surface area contributed by atoms with Crippen molar-refractivity contribution in [3.63, 3.8) is 0 Å². The van der Waals surface area contributed by atoms with Crippen molar-refractivity contribution in [3.05, 3.63) is 40.7 Å². The maximum Gasteiger partial charge on any atom is 0.274 e. The highest BCUT2D eigenvalue weighted by molar-refractivity contribution is 5.92. The third-order valence-corrected chi connectivity index (χ3v) is 5.30. The van der Waals surface area contributed by atoms with Crippen molar-refractivity contribution in [1.29, 1.82) is 0 Å². The van der Waals surface area contributed by atoms with Crippen LogP contribution in [0.15, 0.2) is 12.3 Å². The van der Waals surface area contributed by atoms with Crippen molar-refractivity contribution in [3.8, 4) is 0 Å². The van der Waals surface area contributed by atoms with Gasteiger partial charge < -0.3 is 10.2 Å². The maximum atomic E-state index is 12.8. The zero-order chi connectivity index (χ0) is 18.1. The van der Waals surface area contributed by atoms with Crippen LogP contribution in [0.4, 0.5) is 0 Å².